The molecule has 0 unspecified atom stereocenters. The molecule has 4 nitrogen and oxygen atoms in total. The average molecular weight is 403 g/mol. The SMILES string of the molecule is COc1cc(NCc2cnn(C(C)C)c2)c(Br)cc1Br. The van der Waals surface area contributed by atoms with Gasteiger partial charge >= 0.3 is 0 Å². The molecule has 6 heteroatoms. The predicted octanol–water partition coefficient (Wildman–Crippen LogP) is 4.61. The van der Waals surface area contributed by atoms with Crippen molar-refractivity contribution in [1.82, 2.24) is 9.78 Å². The highest BCUT2D eigenvalue weighted by atomic mass is 79.9. The number of methoxy groups -OCH3 is 1. The molecule has 0 bridgehead atoms. The Morgan fingerprint density at radius 2 is 2.05 bits per heavy atom. The Morgan fingerprint density at radius 3 is 2.65 bits per heavy atom. The molecule has 0 atom stereocenters. The van der Waals surface area contributed by atoms with E-state index >= 15 is 0 Å². The zero-order valence-electron chi connectivity index (χ0n) is 11.7. The van der Waals surface area contributed by atoms with Crippen molar-refractivity contribution in [3.8, 4) is 5.75 Å². The van der Waals surface area contributed by atoms with Gasteiger partial charge in [0.05, 0.1) is 23.5 Å². The van der Waals surface area contributed by atoms with E-state index in [4.69, 9.17) is 4.74 Å². The number of nitrogens with zero attached hydrogens (tertiary/aromatic N) is 2. The number of ether oxygens (including phenoxy) is 1. The Kier molecular flexibility index (Phi) is 5.10. The summed E-state index contributed by atoms with van der Waals surface area (Å²) in [5.74, 6) is 0.800. The maximum Gasteiger partial charge on any atom is 0.135 e. The number of hydrogen-bond acceptors (Lipinski definition) is 3. The van der Waals surface area contributed by atoms with E-state index in [0.717, 1.165) is 32.5 Å². The molecule has 0 saturated carbocycles. The molecule has 1 aromatic heterocycles. The Bertz CT molecular complexity index is 596. The van der Waals surface area contributed by atoms with Gasteiger partial charge in [-0.3, -0.25) is 4.68 Å². The molecule has 108 valence electrons. The quantitative estimate of drug-likeness (QED) is 0.793. The first-order valence-corrected chi connectivity index (χ1v) is 7.89. The summed E-state index contributed by atoms with van der Waals surface area (Å²) in [6, 6.07) is 4.31. The lowest BCUT2D eigenvalue weighted by Crippen LogP contribution is -2.02. The fraction of sp³-hybridized carbons (Fsp3) is 0.357. The molecule has 0 radical (unpaired) electrons. The van der Waals surface area contributed by atoms with Crippen LogP contribution in [0.5, 0.6) is 5.75 Å². The van der Waals surface area contributed by atoms with Gasteiger partial charge in [-0.05, 0) is 51.8 Å². The maximum absolute atomic E-state index is 5.30. The van der Waals surface area contributed by atoms with Crippen LogP contribution in [0.3, 0.4) is 0 Å². The predicted molar refractivity (Wildman–Crippen MR) is 88.3 cm³/mol. The molecule has 1 heterocycles. The van der Waals surface area contributed by atoms with Crippen molar-refractivity contribution < 1.29 is 4.74 Å². The average Bonchev–Trinajstić information content (AvgIpc) is 2.87. The second kappa shape index (κ2) is 6.63. The molecule has 20 heavy (non-hydrogen) atoms. The van der Waals surface area contributed by atoms with E-state index in [1.54, 1.807) is 7.11 Å². The van der Waals surface area contributed by atoms with Crippen LogP contribution >= 0.6 is 31.9 Å². The van der Waals surface area contributed by atoms with E-state index in [1.165, 1.54) is 0 Å². The van der Waals surface area contributed by atoms with Crippen LogP contribution in [0, 0.1) is 0 Å². The molecule has 0 spiro atoms. The van der Waals surface area contributed by atoms with E-state index < -0.39 is 0 Å². The first kappa shape index (κ1) is 15.4. The summed E-state index contributed by atoms with van der Waals surface area (Å²) in [6.45, 7) is 4.94. The van der Waals surface area contributed by atoms with Crippen molar-refractivity contribution in [3.05, 3.63) is 39.0 Å². The number of aromatic nitrogens is 2. The smallest absolute Gasteiger partial charge is 0.135 e. The van der Waals surface area contributed by atoms with Crippen molar-refractivity contribution in [2.75, 3.05) is 12.4 Å². The first-order chi connectivity index (χ1) is 9.51. The summed E-state index contributed by atoms with van der Waals surface area (Å²) in [7, 11) is 1.66. The van der Waals surface area contributed by atoms with Crippen LogP contribution in [0.25, 0.3) is 0 Å². The first-order valence-electron chi connectivity index (χ1n) is 6.31. The number of benzene rings is 1. The van der Waals surface area contributed by atoms with Crippen molar-refractivity contribution in [3.63, 3.8) is 0 Å². The van der Waals surface area contributed by atoms with E-state index in [0.29, 0.717) is 6.04 Å². The fourth-order valence-corrected chi connectivity index (χ4v) is 3.07. The van der Waals surface area contributed by atoms with Crippen molar-refractivity contribution in [2.24, 2.45) is 0 Å². The number of anilines is 1. The van der Waals surface area contributed by atoms with Gasteiger partial charge in [0.2, 0.25) is 0 Å². The Labute approximate surface area is 135 Å². The Balaban J connectivity index is 2.10. The van der Waals surface area contributed by atoms with E-state index in [1.807, 2.05) is 23.0 Å². The Hall–Kier alpha value is -1.01. The molecule has 0 amide bonds. The molecule has 0 saturated heterocycles. The van der Waals surface area contributed by atoms with Crippen LogP contribution in [-0.2, 0) is 6.54 Å². The lowest BCUT2D eigenvalue weighted by molar-refractivity contribution is 0.412. The highest BCUT2D eigenvalue weighted by molar-refractivity contribution is 9.11. The van der Waals surface area contributed by atoms with Gasteiger partial charge in [-0.1, -0.05) is 0 Å². The molecule has 0 aliphatic carbocycles. The molecule has 2 aromatic rings. The molecular formula is C14H17Br2N3O. The van der Waals surface area contributed by atoms with E-state index in [2.05, 4.69) is 62.3 Å². The third-order valence-corrected chi connectivity index (χ3v) is 4.18. The number of rotatable bonds is 5. The van der Waals surface area contributed by atoms with Gasteiger partial charge in [0, 0.05) is 34.9 Å². The van der Waals surface area contributed by atoms with Gasteiger partial charge in [0.1, 0.15) is 5.75 Å². The van der Waals surface area contributed by atoms with Crippen LogP contribution < -0.4 is 10.1 Å². The maximum atomic E-state index is 5.30. The minimum atomic E-state index is 0.378. The summed E-state index contributed by atoms with van der Waals surface area (Å²) >= 11 is 7.00. The third kappa shape index (κ3) is 3.55. The number of hydrogen-bond donors (Lipinski definition) is 1. The van der Waals surface area contributed by atoms with Crippen LogP contribution in [0.1, 0.15) is 25.5 Å². The second-order valence-electron chi connectivity index (χ2n) is 4.74. The summed E-state index contributed by atoms with van der Waals surface area (Å²) < 4.78 is 9.17. The number of halogens is 2. The van der Waals surface area contributed by atoms with E-state index in [-0.39, 0.29) is 0 Å². The summed E-state index contributed by atoms with van der Waals surface area (Å²) in [5, 5.41) is 7.71. The lowest BCUT2D eigenvalue weighted by atomic mass is 10.2. The summed E-state index contributed by atoms with van der Waals surface area (Å²) in [4.78, 5) is 0. The monoisotopic (exact) mass is 401 g/mol. The molecule has 1 aromatic carbocycles. The van der Waals surface area contributed by atoms with Gasteiger partial charge < -0.3 is 10.1 Å². The third-order valence-electron chi connectivity index (χ3n) is 2.91. The van der Waals surface area contributed by atoms with Crippen molar-refractivity contribution >= 4 is 37.5 Å². The molecule has 1 N–H and O–H groups in total. The van der Waals surface area contributed by atoms with Crippen molar-refractivity contribution in [2.45, 2.75) is 26.4 Å². The fourth-order valence-electron chi connectivity index (χ4n) is 1.77. The van der Waals surface area contributed by atoms with Crippen LogP contribution in [0.2, 0.25) is 0 Å². The minimum absolute atomic E-state index is 0.378. The molecule has 0 aliphatic heterocycles. The van der Waals surface area contributed by atoms with E-state index in [9.17, 15) is 0 Å². The van der Waals surface area contributed by atoms with Gasteiger partial charge in [0.25, 0.3) is 0 Å². The highest BCUT2D eigenvalue weighted by Gasteiger charge is 2.08. The Morgan fingerprint density at radius 1 is 1.30 bits per heavy atom. The van der Waals surface area contributed by atoms with Gasteiger partial charge in [0.15, 0.2) is 0 Å². The highest BCUT2D eigenvalue weighted by Crippen LogP contribution is 2.34. The van der Waals surface area contributed by atoms with Gasteiger partial charge in [-0.25, -0.2) is 0 Å². The van der Waals surface area contributed by atoms with Crippen LogP contribution in [0.4, 0.5) is 5.69 Å². The molecule has 0 aliphatic rings. The molecule has 0 fully saturated rings. The van der Waals surface area contributed by atoms with Gasteiger partial charge in [-0.2, -0.15) is 5.10 Å². The zero-order chi connectivity index (χ0) is 14.7. The topological polar surface area (TPSA) is 39.1 Å². The van der Waals surface area contributed by atoms with Gasteiger partial charge in [-0.15, -0.1) is 0 Å². The summed E-state index contributed by atoms with van der Waals surface area (Å²) in [5.41, 5.74) is 2.13. The normalized spacial score (nSPS) is 10.9. The minimum Gasteiger partial charge on any atom is -0.495 e. The van der Waals surface area contributed by atoms with Crippen LogP contribution in [-0.4, -0.2) is 16.9 Å². The zero-order valence-corrected chi connectivity index (χ0v) is 14.8. The molecule has 2 rings (SSSR count). The van der Waals surface area contributed by atoms with Crippen LogP contribution in [0.15, 0.2) is 33.5 Å². The summed E-state index contributed by atoms with van der Waals surface area (Å²) in [6.07, 6.45) is 3.94. The molecular weight excluding hydrogens is 386 g/mol. The lowest BCUT2D eigenvalue weighted by Gasteiger charge is -2.11. The second-order valence-corrected chi connectivity index (χ2v) is 6.45. The number of nitrogens with one attached hydrogen (secondary N) is 1. The van der Waals surface area contributed by atoms with Crippen molar-refractivity contribution in [1.29, 1.82) is 0 Å². The standard InChI is InChI=1S/C14H17Br2N3O/c1-9(2)19-8-10(7-18-19)6-17-13-5-14(20-3)12(16)4-11(13)15/h4-5,7-9,17H,6H2,1-3H3. The largest absolute Gasteiger partial charge is 0.495 e.